The van der Waals surface area contributed by atoms with E-state index in [1.807, 2.05) is 0 Å². The number of nitro groups is 2. The van der Waals surface area contributed by atoms with Gasteiger partial charge in [-0.05, 0) is 54.4 Å². The molecular formula is C20H15N3O5. The molecule has 3 aromatic carbocycles. The van der Waals surface area contributed by atoms with Crippen molar-refractivity contribution in [1.29, 1.82) is 0 Å². The fourth-order valence-corrected chi connectivity index (χ4v) is 2.73. The summed E-state index contributed by atoms with van der Waals surface area (Å²) < 4.78 is 0. The van der Waals surface area contributed by atoms with Crippen molar-refractivity contribution < 1.29 is 14.6 Å². The number of non-ortho nitro benzene ring substituents is 1. The molecule has 0 saturated heterocycles. The Morgan fingerprint density at radius 3 is 1.89 bits per heavy atom. The standard InChI is InChI=1S/C20H15N3O5/c1-13-12-16(6-11-19(13)23(27)28)20(24)21-17-7-2-14(3-8-17)15-4-9-18(10-5-15)22(25)26/h2-12H,1H3,(H,21,24). The molecule has 0 aromatic heterocycles. The first-order valence-corrected chi connectivity index (χ1v) is 8.26. The zero-order chi connectivity index (χ0) is 20.3. The van der Waals surface area contributed by atoms with Gasteiger partial charge in [-0.1, -0.05) is 12.1 Å². The zero-order valence-electron chi connectivity index (χ0n) is 14.8. The van der Waals surface area contributed by atoms with Gasteiger partial charge < -0.3 is 5.32 Å². The predicted molar refractivity (Wildman–Crippen MR) is 104 cm³/mol. The maximum atomic E-state index is 12.4. The summed E-state index contributed by atoms with van der Waals surface area (Å²) in [6.45, 7) is 1.58. The first-order chi connectivity index (χ1) is 13.3. The van der Waals surface area contributed by atoms with Crippen LogP contribution in [0.4, 0.5) is 17.1 Å². The molecule has 8 nitrogen and oxygen atoms in total. The predicted octanol–water partition coefficient (Wildman–Crippen LogP) is 4.73. The molecule has 0 unspecified atom stereocenters. The SMILES string of the molecule is Cc1cc(C(=O)Nc2ccc(-c3ccc([N+](=O)[O-])cc3)cc2)ccc1[N+](=O)[O-]. The number of carbonyl (C=O) groups is 1. The molecule has 0 radical (unpaired) electrons. The van der Waals surface area contributed by atoms with Gasteiger partial charge in [0.2, 0.25) is 0 Å². The Balaban J connectivity index is 1.73. The van der Waals surface area contributed by atoms with Crippen LogP contribution < -0.4 is 5.32 Å². The number of amides is 1. The molecule has 1 N–H and O–H groups in total. The second kappa shape index (κ2) is 7.67. The minimum absolute atomic E-state index is 0.0195. The number of nitrogens with one attached hydrogen (secondary N) is 1. The minimum Gasteiger partial charge on any atom is -0.322 e. The summed E-state index contributed by atoms with van der Waals surface area (Å²) in [5.41, 5.74) is 2.93. The fraction of sp³-hybridized carbons (Fsp3) is 0.0500. The Labute approximate surface area is 159 Å². The van der Waals surface area contributed by atoms with E-state index in [2.05, 4.69) is 5.32 Å². The van der Waals surface area contributed by atoms with Crippen molar-refractivity contribution in [3.05, 3.63) is 98.1 Å². The maximum Gasteiger partial charge on any atom is 0.272 e. The van der Waals surface area contributed by atoms with Crippen LogP contribution in [0, 0.1) is 27.2 Å². The van der Waals surface area contributed by atoms with E-state index in [1.165, 1.54) is 30.3 Å². The van der Waals surface area contributed by atoms with Gasteiger partial charge in [0.05, 0.1) is 9.85 Å². The molecule has 0 saturated carbocycles. The minimum atomic E-state index is -0.492. The smallest absolute Gasteiger partial charge is 0.272 e. The highest BCUT2D eigenvalue weighted by Crippen LogP contribution is 2.24. The summed E-state index contributed by atoms with van der Waals surface area (Å²) >= 11 is 0. The molecule has 8 heteroatoms. The van der Waals surface area contributed by atoms with E-state index in [-0.39, 0.29) is 17.3 Å². The third kappa shape index (κ3) is 4.01. The molecule has 0 aliphatic carbocycles. The van der Waals surface area contributed by atoms with Crippen molar-refractivity contribution in [2.45, 2.75) is 6.92 Å². The lowest BCUT2D eigenvalue weighted by Crippen LogP contribution is -2.12. The molecule has 0 bridgehead atoms. The van der Waals surface area contributed by atoms with E-state index in [4.69, 9.17) is 0 Å². The van der Waals surface area contributed by atoms with Crippen LogP contribution >= 0.6 is 0 Å². The molecule has 28 heavy (non-hydrogen) atoms. The number of aryl methyl sites for hydroxylation is 1. The number of hydrogen-bond acceptors (Lipinski definition) is 5. The van der Waals surface area contributed by atoms with E-state index >= 15 is 0 Å². The molecule has 0 atom stereocenters. The average molecular weight is 377 g/mol. The van der Waals surface area contributed by atoms with Gasteiger partial charge in [0.1, 0.15) is 0 Å². The number of nitro benzene ring substituents is 2. The van der Waals surface area contributed by atoms with Crippen LogP contribution in [0.15, 0.2) is 66.7 Å². The lowest BCUT2D eigenvalue weighted by Gasteiger charge is -2.08. The normalized spacial score (nSPS) is 10.3. The monoisotopic (exact) mass is 377 g/mol. The molecular weight excluding hydrogens is 362 g/mol. The third-order valence-electron chi connectivity index (χ3n) is 4.21. The van der Waals surface area contributed by atoms with E-state index in [9.17, 15) is 25.0 Å². The molecule has 0 aliphatic rings. The van der Waals surface area contributed by atoms with Crippen molar-refractivity contribution in [2.24, 2.45) is 0 Å². The Kier molecular flexibility index (Phi) is 5.12. The van der Waals surface area contributed by atoms with E-state index in [1.54, 1.807) is 43.3 Å². The summed E-state index contributed by atoms with van der Waals surface area (Å²) in [6, 6.07) is 17.4. The topological polar surface area (TPSA) is 115 Å². The molecule has 0 spiro atoms. The lowest BCUT2D eigenvalue weighted by molar-refractivity contribution is -0.385. The Bertz CT molecular complexity index is 1060. The van der Waals surface area contributed by atoms with Crippen LogP contribution in [0.5, 0.6) is 0 Å². The van der Waals surface area contributed by atoms with Gasteiger partial charge in [-0.15, -0.1) is 0 Å². The number of rotatable bonds is 5. The zero-order valence-corrected chi connectivity index (χ0v) is 14.8. The molecule has 3 aromatic rings. The van der Waals surface area contributed by atoms with Gasteiger partial charge in [-0.2, -0.15) is 0 Å². The van der Waals surface area contributed by atoms with Crippen molar-refractivity contribution in [1.82, 2.24) is 0 Å². The molecule has 0 fully saturated rings. The largest absolute Gasteiger partial charge is 0.322 e. The lowest BCUT2D eigenvalue weighted by atomic mass is 10.0. The average Bonchev–Trinajstić information content (AvgIpc) is 2.68. The Hall–Kier alpha value is -4.07. The first-order valence-electron chi connectivity index (χ1n) is 8.26. The highest BCUT2D eigenvalue weighted by molar-refractivity contribution is 6.04. The molecule has 0 aliphatic heterocycles. The van der Waals surface area contributed by atoms with Crippen molar-refractivity contribution in [2.75, 3.05) is 5.32 Å². The second-order valence-corrected chi connectivity index (χ2v) is 6.09. The van der Waals surface area contributed by atoms with Crippen LogP contribution in [0.2, 0.25) is 0 Å². The van der Waals surface area contributed by atoms with Gasteiger partial charge in [-0.3, -0.25) is 25.0 Å². The quantitative estimate of drug-likeness (QED) is 0.510. The van der Waals surface area contributed by atoms with Crippen molar-refractivity contribution in [3.63, 3.8) is 0 Å². The molecule has 3 rings (SSSR count). The van der Waals surface area contributed by atoms with Gasteiger partial charge in [0, 0.05) is 35.0 Å². The third-order valence-corrected chi connectivity index (χ3v) is 4.21. The molecule has 140 valence electrons. The van der Waals surface area contributed by atoms with E-state index < -0.39 is 9.85 Å². The molecule has 0 heterocycles. The summed E-state index contributed by atoms with van der Waals surface area (Å²) in [5, 5.41) is 24.3. The van der Waals surface area contributed by atoms with E-state index in [0.717, 1.165) is 11.1 Å². The number of carbonyl (C=O) groups excluding carboxylic acids is 1. The highest BCUT2D eigenvalue weighted by atomic mass is 16.6. The van der Waals surface area contributed by atoms with Crippen molar-refractivity contribution >= 4 is 23.0 Å². The summed E-state index contributed by atoms with van der Waals surface area (Å²) in [5.74, 6) is -0.374. The maximum absolute atomic E-state index is 12.4. The molecule has 1 amide bonds. The Morgan fingerprint density at radius 1 is 0.821 bits per heavy atom. The number of hydrogen-bond donors (Lipinski definition) is 1. The van der Waals surface area contributed by atoms with Crippen LogP contribution in [0.1, 0.15) is 15.9 Å². The van der Waals surface area contributed by atoms with Crippen LogP contribution in [0.3, 0.4) is 0 Å². The van der Waals surface area contributed by atoms with Gasteiger partial charge >= 0.3 is 0 Å². The van der Waals surface area contributed by atoms with Gasteiger partial charge in [0.25, 0.3) is 17.3 Å². The fourth-order valence-electron chi connectivity index (χ4n) is 2.73. The van der Waals surface area contributed by atoms with Crippen molar-refractivity contribution in [3.8, 4) is 11.1 Å². The summed E-state index contributed by atoms with van der Waals surface area (Å²) in [4.78, 5) is 33.0. The Morgan fingerprint density at radius 2 is 1.39 bits per heavy atom. The highest BCUT2D eigenvalue weighted by Gasteiger charge is 2.14. The second-order valence-electron chi connectivity index (χ2n) is 6.09. The van der Waals surface area contributed by atoms with E-state index in [0.29, 0.717) is 16.8 Å². The van der Waals surface area contributed by atoms with Crippen LogP contribution in [0.25, 0.3) is 11.1 Å². The number of anilines is 1. The number of benzene rings is 3. The van der Waals surface area contributed by atoms with Gasteiger partial charge in [0.15, 0.2) is 0 Å². The number of nitrogens with zero attached hydrogens (tertiary/aromatic N) is 2. The van der Waals surface area contributed by atoms with Crippen LogP contribution in [-0.4, -0.2) is 15.8 Å². The summed E-state index contributed by atoms with van der Waals surface area (Å²) in [6.07, 6.45) is 0. The van der Waals surface area contributed by atoms with Gasteiger partial charge in [-0.25, -0.2) is 0 Å². The summed E-state index contributed by atoms with van der Waals surface area (Å²) in [7, 11) is 0. The first kappa shape index (κ1) is 18.7. The van der Waals surface area contributed by atoms with Crippen LogP contribution in [-0.2, 0) is 0 Å².